The van der Waals surface area contributed by atoms with Gasteiger partial charge in [0.1, 0.15) is 6.61 Å². The van der Waals surface area contributed by atoms with E-state index < -0.39 is 0 Å². The fourth-order valence-electron chi connectivity index (χ4n) is 4.26. The Kier molecular flexibility index (Phi) is 5.43. The highest BCUT2D eigenvalue weighted by Crippen LogP contribution is 2.54. The molecule has 1 aliphatic carbocycles. The Bertz CT molecular complexity index is 481. The van der Waals surface area contributed by atoms with Gasteiger partial charge in [-0.2, -0.15) is 5.26 Å². The van der Waals surface area contributed by atoms with Gasteiger partial charge in [-0.25, -0.2) is 19.6 Å². The molecule has 0 aromatic heterocycles. The van der Waals surface area contributed by atoms with E-state index in [1.165, 1.54) is 0 Å². The van der Waals surface area contributed by atoms with E-state index in [0.717, 1.165) is 19.3 Å². The Balaban J connectivity index is 3.05. The first-order chi connectivity index (χ1) is 9.80. The summed E-state index contributed by atoms with van der Waals surface area (Å²) in [4.78, 5) is 28.3. The number of carbonyl (C=O) groups excluding carboxylic acids is 2. The molecule has 0 amide bonds. The van der Waals surface area contributed by atoms with Gasteiger partial charge in [-0.3, -0.25) is 0 Å². The summed E-state index contributed by atoms with van der Waals surface area (Å²) in [7, 11) is 0. The van der Waals surface area contributed by atoms with Crippen molar-refractivity contribution in [3.63, 3.8) is 0 Å². The van der Waals surface area contributed by atoms with Gasteiger partial charge in [0.2, 0.25) is 12.2 Å². The molecule has 1 aliphatic rings. The van der Waals surface area contributed by atoms with Gasteiger partial charge < -0.3 is 4.74 Å². The van der Waals surface area contributed by atoms with Crippen LogP contribution in [0.5, 0.6) is 0 Å². The summed E-state index contributed by atoms with van der Waals surface area (Å²) in [6.45, 7) is 7.22. The molecule has 1 rings (SSSR count). The lowest BCUT2D eigenvalue weighted by atomic mass is 9.54. The van der Waals surface area contributed by atoms with Crippen molar-refractivity contribution < 1.29 is 14.3 Å². The summed E-state index contributed by atoms with van der Waals surface area (Å²) in [5, 5.41) is 8.64. The molecule has 0 spiro atoms. The van der Waals surface area contributed by atoms with E-state index in [1.54, 1.807) is 18.4 Å². The first-order valence-electron chi connectivity index (χ1n) is 6.89. The Labute approximate surface area is 124 Å². The number of nitriles is 1. The monoisotopic (exact) mass is 291 g/mol. The third-order valence-electron chi connectivity index (χ3n) is 4.10. The van der Waals surface area contributed by atoms with E-state index in [1.807, 2.05) is 0 Å². The molecule has 0 aromatic rings. The Hall–Kier alpha value is -1.95. The lowest BCUT2D eigenvalue weighted by molar-refractivity contribution is -0.0327. The van der Waals surface area contributed by atoms with Crippen LogP contribution in [0.3, 0.4) is 0 Å². The third-order valence-corrected chi connectivity index (χ3v) is 4.10. The van der Waals surface area contributed by atoms with Crippen LogP contribution >= 0.6 is 0 Å². The highest BCUT2D eigenvalue weighted by molar-refractivity contribution is 5.33. The zero-order chi connectivity index (χ0) is 16.0. The predicted octanol–water partition coefficient (Wildman–Crippen LogP) is 2.36. The van der Waals surface area contributed by atoms with Gasteiger partial charge in [-0.1, -0.05) is 20.8 Å². The summed E-state index contributed by atoms with van der Waals surface area (Å²) in [5.74, 6) is 0. The molecule has 6 nitrogen and oxygen atoms in total. The molecular formula is C15H21N3O3. The van der Waals surface area contributed by atoms with E-state index in [0.29, 0.717) is 19.7 Å². The predicted molar refractivity (Wildman–Crippen MR) is 75.7 cm³/mol. The lowest BCUT2D eigenvalue weighted by Crippen LogP contribution is -2.46. The SMILES string of the molecule is CC1(CN=C=O)CC(C)(CN=C=O)CC(C)(COC#N)C1. The number of rotatable bonds is 6. The van der Waals surface area contributed by atoms with Crippen LogP contribution in [0.4, 0.5) is 0 Å². The van der Waals surface area contributed by atoms with Crippen LogP contribution in [-0.4, -0.2) is 31.9 Å². The first kappa shape index (κ1) is 17.1. The van der Waals surface area contributed by atoms with Gasteiger partial charge in [0, 0.05) is 5.41 Å². The topological polar surface area (TPSA) is 91.9 Å². The van der Waals surface area contributed by atoms with Crippen LogP contribution in [0.1, 0.15) is 40.0 Å². The molecule has 114 valence electrons. The summed E-state index contributed by atoms with van der Waals surface area (Å²) in [6.07, 6.45) is 7.24. The second kappa shape index (κ2) is 6.67. The first-order valence-corrected chi connectivity index (χ1v) is 6.89. The molecule has 21 heavy (non-hydrogen) atoms. The number of hydrogen-bond donors (Lipinski definition) is 0. The van der Waals surface area contributed by atoms with Crippen molar-refractivity contribution in [1.82, 2.24) is 0 Å². The van der Waals surface area contributed by atoms with Gasteiger partial charge in [0.05, 0.1) is 13.1 Å². The van der Waals surface area contributed by atoms with Gasteiger partial charge in [0.25, 0.3) is 6.26 Å². The molecule has 6 heteroatoms. The minimum atomic E-state index is -0.228. The normalized spacial score (nSPS) is 35.0. The molecule has 1 saturated carbocycles. The lowest BCUT2D eigenvalue weighted by Gasteiger charge is -2.51. The molecule has 0 aliphatic heterocycles. The van der Waals surface area contributed by atoms with E-state index in [2.05, 4.69) is 30.8 Å². The average molecular weight is 291 g/mol. The fourth-order valence-corrected chi connectivity index (χ4v) is 4.26. The highest BCUT2D eigenvalue weighted by atomic mass is 16.5. The molecule has 1 fully saturated rings. The Morgan fingerprint density at radius 3 is 1.76 bits per heavy atom. The number of hydrogen-bond acceptors (Lipinski definition) is 6. The van der Waals surface area contributed by atoms with Crippen molar-refractivity contribution in [2.75, 3.05) is 19.7 Å². The van der Waals surface area contributed by atoms with Crippen molar-refractivity contribution in [1.29, 1.82) is 5.26 Å². The smallest absolute Gasteiger partial charge is 0.286 e. The van der Waals surface area contributed by atoms with Crippen molar-refractivity contribution in [3.8, 4) is 6.26 Å². The minimum absolute atomic E-state index is 0.212. The quantitative estimate of drug-likeness (QED) is 0.426. The van der Waals surface area contributed by atoms with Crippen LogP contribution in [0.25, 0.3) is 0 Å². The van der Waals surface area contributed by atoms with Gasteiger partial charge in [0.15, 0.2) is 0 Å². The van der Waals surface area contributed by atoms with E-state index in [4.69, 9.17) is 10.00 Å². The maximum atomic E-state index is 10.4. The van der Waals surface area contributed by atoms with Gasteiger partial charge in [-0.05, 0) is 30.1 Å². The van der Waals surface area contributed by atoms with Crippen molar-refractivity contribution >= 4 is 12.2 Å². The largest absolute Gasteiger partial charge is 0.427 e. The van der Waals surface area contributed by atoms with Crippen LogP contribution in [-0.2, 0) is 14.3 Å². The van der Waals surface area contributed by atoms with Crippen molar-refractivity contribution in [2.24, 2.45) is 26.2 Å². The molecule has 2 atom stereocenters. The minimum Gasteiger partial charge on any atom is -0.427 e. The summed E-state index contributed by atoms with van der Waals surface area (Å²) >= 11 is 0. The number of nitrogens with zero attached hydrogens (tertiary/aromatic N) is 3. The molecule has 0 heterocycles. The second-order valence-corrected chi connectivity index (χ2v) is 7.16. The van der Waals surface area contributed by atoms with Crippen molar-refractivity contribution in [3.05, 3.63) is 0 Å². The summed E-state index contributed by atoms with van der Waals surface area (Å²) < 4.78 is 4.96. The zero-order valence-corrected chi connectivity index (χ0v) is 12.8. The van der Waals surface area contributed by atoms with Crippen LogP contribution < -0.4 is 0 Å². The molecule has 0 aromatic carbocycles. The summed E-state index contributed by atoms with van der Waals surface area (Å²) in [6, 6.07) is 0. The van der Waals surface area contributed by atoms with Gasteiger partial charge in [-0.15, -0.1) is 0 Å². The molecule has 0 radical (unpaired) electrons. The highest BCUT2D eigenvalue weighted by Gasteiger charge is 2.49. The van der Waals surface area contributed by atoms with E-state index in [-0.39, 0.29) is 16.2 Å². The second-order valence-electron chi connectivity index (χ2n) is 7.16. The molecule has 0 bridgehead atoms. The maximum absolute atomic E-state index is 10.4. The van der Waals surface area contributed by atoms with Gasteiger partial charge >= 0.3 is 0 Å². The maximum Gasteiger partial charge on any atom is 0.286 e. The fraction of sp³-hybridized carbons (Fsp3) is 0.800. The number of aliphatic imine (C=N–C) groups is 2. The van der Waals surface area contributed by atoms with E-state index >= 15 is 0 Å². The number of ether oxygens (including phenoxy) is 1. The third kappa shape index (κ3) is 4.82. The van der Waals surface area contributed by atoms with Crippen LogP contribution in [0, 0.1) is 27.8 Å². The zero-order valence-electron chi connectivity index (χ0n) is 12.8. The Morgan fingerprint density at radius 1 is 0.952 bits per heavy atom. The van der Waals surface area contributed by atoms with Crippen LogP contribution in [0.2, 0.25) is 0 Å². The van der Waals surface area contributed by atoms with Crippen LogP contribution in [0.15, 0.2) is 9.98 Å². The molecule has 2 unspecified atom stereocenters. The average Bonchev–Trinajstić information content (AvgIpc) is 2.39. The van der Waals surface area contributed by atoms with Crippen molar-refractivity contribution in [2.45, 2.75) is 40.0 Å². The molecule has 0 N–H and O–H groups in total. The molecular weight excluding hydrogens is 270 g/mol. The molecule has 0 saturated heterocycles. The standard InChI is InChI=1S/C15H21N3O3/c1-13(7-17-11-19)4-14(2,8-18-12-20)6-15(3,5-13)9-21-10-16/h4-9H2,1-3H3. The Morgan fingerprint density at radius 2 is 1.38 bits per heavy atom. The summed E-state index contributed by atoms with van der Waals surface area (Å²) in [5.41, 5.74) is -0.652. The van der Waals surface area contributed by atoms with E-state index in [9.17, 15) is 9.59 Å². The number of isocyanates is 2.